The van der Waals surface area contributed by atoms with Gasteiger partial charge in [0.2, 0.25) is 11.8 Å². The smallest absolute Gasteiger partial charge is 0.234 e. The van der Waals surface area contributed by atoms with Crippen molar-refractivity contribution in [3.63, 3.8) is 0 Å². The van der Waals surface area contributed by atoms with Crippen LogP contribution in [0.15, 0.2) is 53.7 Å². The van der Waals surface area contributed by atoms with Crippen LogP contribution >= 0.6 is 11.8 Å². The Balaban J connectivity index is 1.50. The maximum Gasteiger partial charge on any atom is 0.234 e. The van der Waals surface area contributed by atoms with Crippen molar-refractivity contribution in [2.24, 2.45) is 0 Å². The molecule has 37 heavy (non-hydrogen) atoms. The van der Waals surface area contributed by atoms with Crippen LogP contribution < -0.4 is 10.1 Å². The van der Waals surface area contributed by atoms with Gasteiger partial charge in [0, 0.05) is 29.4 Å². The molecule has 0 spiro atoms. The molecule has 9 heteroatoms. The summed E-state index contributed by atoms with van der Waals surface area (Å²) in [7, 11) is 0. The van der Waals surface area contributed by atoms with E-state index in [1.807, 2.05) is 39.0 Å². The number of hydrogen-bond acceptors (Lipinski definition) is 7. The SMILES string of the molecule is Cc1ccc(C)c(NC(=O)CSc2nc(-c3ccccc3F)nc3c2Cc2c(CO)cnc(C)c2O3)c1. The molecule has 2 aromatic carbocycles. The third kappa shape index (κ3) is 5.05. The second-order valence-electron chi connectivity index (χ2n) is 8.88. The first kappa shape index (κ1) is 24.9. The van der Waals surface area contributed by atoms with E-state index in [4.69, 9.17) is 4.74 Å². The number of aromatic nitrogens is 3. The van der Waals surface area contributed by atoms with E-state index < -0.39 is 5.82 Å². The fraction of sp³-hybridized carbons (Fsp3) is 0.214. The highest BCUT2D eigenvalue weighted by Crippen LogP contribution is 2.42. The van der Waals surface area contributed by atoms with Gasteiger partial charge in [0.25, 0.3) is 0 Å². The first-order valence-electron chi connectivity index (χ1n) is 11.8. The summed E-state index contributed by atoms with van der Waals surface area (Å²) >= 11 is 1.24. The molecule has 1 aliphatic heterocycles. The van der Waals surface area contributed by atoms with E-state index >= 15 is 0 Å². The van der Waals surface area contributed by atoms with Gasteiger partial charge in [0.15, 0.2) is 11.6 Å². The molecule has 0 atom stereocenters. The van der Waals surface area contributed by atoms with Gasteiger partial charge in [0.1, 0.15) is 10.8 Å². The molecule has 1 aliphatic rings. The number of ether oxygens (including phenoxy) is 1. The Hall–Kier alpha value is -3.82. The molecule has 0 fully saturated rings. The molecule has 0 radical (unpaired) electrons. The Labute approximate surface area is 218 Å². The predicted molar refractivity (Wildman–Crippen MR) is 140 cm³/mol. The third-order valence-corrected chi connectivity index (χ3v) is 7.20. The highest BCUT2D eigenvalue weighted by Gasteiger charge is 2.28. The fourth-order valence-corrected chi connectivity index (χ4v) is 4.99. The molecule has 5 rings (SSSR count). The average molecular weight is 517 g/mol. The molecule has 0 unspecified atom stereocenters. The Morgan fingerprint density at radius 2 is 1.95 bits per heavy atom. The van der Waals surface area contributed by atoms with E-state index in [0.29, 0.717) is 34.0 Å². The van der Waals surface area contributed by atoms with Crippen LogP contribution in [0.2, 0.25) is 0 Å². The van der Waals surface area contributed by atoms with Crippen molar-refractivity contribution >= 4 is 23.4 Å². The number of thioether (sulfide) groups is 1. The predicted octanol–water partition coefficient (Wildman–Crippen LogP) is 5.52. The van der Waals surface area contributed by atoms with Crippen LogP contribution in [-0.4, -0.2) is 31.7 Å². The van der Waals surface area contributed by atoms with Crippen LogP contribution in [0, 0.1) is 26.6 Å². The normalized spacial score (nSPS) is 11.9. The lowest BCUT2D eigenvalue weighted by molar-refractivity contribution is -0.113. The number of aryl methyl sites for hydroxylation is 3. The third-order valence-electron chi connectivity index (χ3n) is 6.18. The quantitative estimate of drug-likeness (QED) is 0.226. The van der Waals surface area contributed by atoms with Crippen molar-refractivity contribution in [1.29, 1.82) is 0 Å². The van der Waals surface area contributed by atoms with Crippen molar-refractivity contribution in [3.05, 3.63) is 88.0 Å². The minimum absolute atomic E-state index is 0.0859. The highest BCUT2D eigenvalue weighted by molar-refractivity contribution is 8.00. The van der Waals surface area contributed by atoms with Crippen molar-refractivity contribution in [3.8, 4) is 23.0 Å². The molecule has 7 nitrogen and oxygen atoms in total. The number of carbonyl (C=O) groups is 1. The largest absolute Gasteiger partial charge is 0.436 e. The summed E-state index contributed by atoms with van der Waals surface area (Å²) in [6, 6.07) is 12.1. The van der Waals surface area contributed by atoms with Crippen molar-refractivity contribution in [2.45, 2.75) is 38.8 Å². The second-order valence-corrected chi connectivity index (χ2v) is 9.85. The topological polar surface area (TPSA) is 97.2 Å². The van der Waals surface area contributed by atoms with Gasteiger partial charge in [-0.05, 0) is 50.1 Å². The fourth-order valence-electron chi connectivity index (χ4n) is 4.17. The lowest BCUT2D eigenvalue weighted by atomic mass is 9.99. The number of nitrogens with one attached hydrogen (secondary N) is 1. The molecule has 2 aromatic heterocycles. The first-order chi connectivity index (χ1) is 17.8. The highest BCUT2D eigenvalue weighted by atomic mass is 32.2. The van der Waals surface area contributed by atoms with Crippen LogP contribution in [0.3, 0.4) is 0 Å². The number of fused-ring (bicyclic) bond motifs is 2. The van der Waals surface area contributed by atoms with Gasteiger partial charge in [-0.2, -0.15) is 4.98 Å². The summed E-state index contributed by atoms with van der Waals surface area (Å²) < 4.78 is 20.8. The van der Waals surface area contributed by atoms with Gasteiger partial charge in [0.05, 0.1) is 29.2 Å². The monoisotopic (exact) mass is 516 g/mol. The van der Waals surface area contributed by atoms with Gasteiger partial charge in [-0.3, -0.25) is 9.78 Å². The van der Waals surface area contributed by atoms with Gasteiger partial charge < -0.3 is 15.2 Å². The van der Waals surface area contributed by atoms with E-state index in [1.165, 1.54) is 17.8 Å². The molecule has 4 aromatic rings. The molecular formula is C28H25FN4O3S. The Morgan fingerprint density at radius 1 is 1.14 bits per heavy atom. The number of anilines is 1. The first-order valence-corrected chi connectivity index (χ1v) is 12.7. The zero-order valence-electron chi connectivity index (χ0n) is 20.6. The molecule has 0 aliphatic carbocycles. The molecule has 3 heterocycles. The molecule has 0 saturated carbocycles. The number of benzene rings is 2. The Bertz CT molecular complexity index is 1530. The maximum atomic E-state index is 14.6. The summed E-state index contributed by atoms with van der Waals surface area (Å²) in [5, 5.41) is 13.3. The van der Waals surface area contributed by atoms with E-state index in [0.717, 1.165) is 22.4 Å². The average Bonchev–Trinajstić information content (AvgIpc) is 2.89. The summed E-state index contributed by atoms with van der Waals surface area (Å²) in [6.07, 6.45) is 2.02. The summed E-state index contributed by atoms with van der Waals surface area (Å²) in [4.78, 5) is 26.4. The summed E-state index contributed by atoms with van der Waals surface area (Å²) in [5.74, 6) is 0.429. The standard InChI is InChI=1S/C28H25FN4O3S/c1-15-8-9-16(2)23(10-15)31-24(35)14-37-28-21-11-20-18(13-34)12-30-17(3)25(20)36-27(21)32-26(33-28)19-6-4-5-7-22(19)29/h4-10,12,34H,11,13-14H2,1-3H3,(H,31,35). The molecule has 1 amide bonds. The van der Waals surface area contributed by atoms with Crippen LogP contribution in [0.5, 0.6) is 11.6 Å². The number of halogens is 1. The number of aliphatic hydroxyl groups excluding tert-OH is 1. The lowest BCUT2D eigenvalue weighted by Crippen LogP contribution is -2.16. The van der Waals surface area contributed by atoms with Crippen LogP contribution in [0.1, 0.15) is 33.5 Å². The minimum atomic E-state index is -0.456. The number of pyridine rings is 1. The number of rotatable bonds is 6. The van der Waals surface area contributed by atoms with Gasteiger partial charge >= 0.3 is 0 Å². The minimum Gasteiger partial charge on any atom is -0.436 e. The number of carbonyl (C=O) groups excluding carboxylic acids is 1. The molecule has 0 bridgehead atoms. The maximum absolute atomic E-state index is 14.6. The number of amides is 1. The second kappa shape index (κ2) is 10.3. The van der Waals surface area contributed by atoms with E-state index in [-0.39, 0.29) is 35.5 Å². The van der Waals surface area contributed by atoms with Gasteiger partial charge in [-0.1, -0.05) is 36.0 Å². The Morgan fingerprint density at radius 3 is 2.73 bits per heavy atom. The van der Waals surface area contributed by atoms with Crippen LogP contribution in [-0.2, 0) is 17.8 Å². The summed E-state index contributed by atoms with van der Waals surface area (Å²) in [5.41, 5.74) is 5.79. The van der Waals surface area contributed by atoms with Crippen molar-refractivity contribution in [1.82, 2.24) is 15.0 Å². The van der Waals surface area contributed by atoms with E-state index in [2.05, 4.69) is 20.3 Å². The zero-order valence-corrected chi connectivity index (χ0v) is 21.4. The lowest BCUT2D eigenvalue weighted by Gasteiger charge is -2.24. The van der Waals surface area contributed by atoms with E-state index in [9.17, 15) is 14.3 Å². The zero-order chi connectivity index (χ0) is 26.1. The van der Waals surface area contributed by atoms with E-state index in [1.54, 1.807) is 24.4 Å². The van der Waals surface area contributed by atoms with Crippen LogP contribution in [0.4, 0.5) is 10.1 Å². The van der Waals surface area contributed by atoms with Crippen LogP contribution in [0.25, 0.3) is 11.4 Å². The van der Waals surface area contributed by atoms with Crippen molar-refractivity contribution in [2.75, 3.05) is 11.1 Å². The number of hydrogen-bond donors (Lipinski definition) is 2. The Kier molecular flexibility index (Phi) is 6.90. The molecule has 2 N–H and O–H groups in total. The number of nitrogens with zero attached hydrogens (tertiary/aromatic N) is 3. The molecular weight excluding hydrogens is 491 g/mol. The molecule has 188 valence electrons. The van der Waals surface area contributed by atoms with Gasteiger partial charge in [-0.25, -0.2) is 9.37 Å². The van der Waals surface area contributed by atoms with Gasteiger partial charge in [-0.15, -0.1) is 0 Å². The van der Waals surface area contributed by atoms with Crippen molar-refractivity contribution < 1.29 is 19.0 Å². The summed E-state index contributed by atoms with van der Waals surface area (Å²) in [6.45, 7) is 5.53. The molecule has 0 saturated heterocycles. The number of aliphatic hydroxyl groups is 1.